The SMILES string of the molecule is CC1(C)OC2O[C@H](C=O)[C@H](CCN3C(=O)c4ccccc4C3=O)[C@@H]2O1. The third-order valence-electron chi connectivity index (χ3n) is 4.92. The van der Waals surface area contributed by atoms with E-state index in [4.69, 9.17) is 14.2 Å². The first-order valence-corrected chi connectivity index (χ1v) is 8.33. The Morgan fingerprint density at radius 3 is 2.36 bits per heavy atom. The lowest BCUT2D eigenvalue weighted by atomic mass is 9.95. The van der Waals surface area contributed by atoms with Gasteiger partial charge in [0.25, 0.3) is 11.8 Å². The number of carbonyl (C=O) groups excluding carboxylic acids is 3. The summed E-state index contributed by atoms with van der Waals surface area (Å²) in [6.45, 7) is 3.77. The lowest BCUT2D eigenvalue weighted by Gasteiger charge is -2.24. The minimum atomic E-state index is -0.781. The fourth-order valence-corrected chi connectivity index (χ4v) is 3.78. The Balaban J connectivity index is 1.49. The summed E-state index contributed by atoms with van der Waals surface area (Å²) in [7, 11) is 0. The number of hydrogen-bond acceptors (Lipinski definition) is 6. The number of hydrogen-bond donors (Lipinski definition) is 0. The van der Waals surface area contributed by atoms with Crippen molar-refractivity contribution >= 4 is 18.1 Å². The summed E-state index contributed by atoms with van der Waals surface area (Å²) < 4.78 is 17.1. The third kappa shape index (κ3) is 2.59. The average molecular weight is 345 g/mol. The Bertz CT molecular complexity index is 710. The molecule has 4 atom stereocenters. The molecular weight excluding hydrogens is 326 g/mol. The Hall–Kier alpha value is -2.09. The van der Waals surface area contributed by atoms with Crippen LogP contribution in [0.4, 0.5) is 0 Å². The first-order chi connectivity index (χ1) is 11.9. The molecule has 0 saturated carbocycles. The van der Waals surface area contributed by atoms with Gasteiger partial charge in [0.05, 0.1) is 11.1 Å². The number of fused-ring (bicyclic) bond motifs is 2. The highest BCUT2D eigenvalue weighted by Crippen LogP contribution is 2.41. The molecule has 1 aromatic carbocycles. The largest absolute Gasteiger partial charge is 0.341 e. The zero-order valence-electron chi connectivity index (χ0n) is 14.0. The highest BCUT2D eigenvalue weighted by molar-refractivity contribution is 6.21. The molecule has 0 radical (unpaired) electrons. The number of imide groups is 1. The van der Waals surface area contributed by atoms with Gasteiger partial charge in [-0.2, -0.15) is 0 Å². The lowest BCUT2D eigenvalue weighted by molar-refractivity contribution is -0.208. The van der Waals surface area contributed by atoms with Crippen molar-refractivity contribution in [1.29, 1.82) is 0 Å². The third-order valence-corrected chi connectivity index (χ3v) is 4.92. The average Bonchev–Trinajstić information content (AvgIpc) is 3.14. The first kappa shape index (κ1) is 16.4. The monoisotopic (exact) mass is 345 g/mol. The van der Waals surface area contributed by atoms with Crippen LogP contribution in [0.15, 0.2) is 24.3 Å². The maximum absolute atomic E-state index is 12.4. The molecule has 7 nitrogen and oxygen atoms in total. The van der Waals surface area contributed by atoms with Crippen LogP contribution in [0.5, 0.6) is 0 Å². The molecule has 0 bridgehead atoms. The van der Waals surface area contributed by atoms with Crippen LogP contribution in [0.1, 0.15) is 41.0 Å². The lowest BCUT2D eigenvalue weighted by Crippen LogP contribution is -2.36. The molecule has 0 N–H and O–H groups in total. The van der Waals surface area contributed by atoms with E-state index in [1.54, 1.807) is 38.1 Å². The maximum Gasteiger partial charge on any atom is 0.261 e. The number of ether oxygens (including phenoxy) is 3. The Labute approximate surface area is 144 Å². The number of benzene rings is 1. The fraction of sp³-hybridized carbons (Fsp3) is 0.500. The van der Waals surface area contributed by atoms with E-state index in [0.717, 1.165) is 6.29 Å². The predicted molar refractivity (Wildman–Crippen MR) is 84.7 cm³/mol. The summed E-state index contributed by atoms with van der Waals surface area (Å²) in [6, 6.07) is 6.76. The number of amides is 2. The maximum atomic E-state index is 12.4. The minimum Gasteiger partial charge on any atom is -0.341 e. The summed E-state index contributed by atoms with van der Waals surface area (Å²) in [4.78, 5) is 37.4. The molecule has 3 aliphatic heterocycles. The molecule has 2 saturated heterocycles. The molecule has 7 heteroatoms. The van der Waals surface area contributed by atoms with E-state index in [9.17, 15) is 14.4 Å². The summed E-state index contributed by atoms with van der Waals surface area (Å²) in [5.74, 6) is -1.66. The van der Waals surface area contributed by atoms with Crippen molar-refractivity contribution < 1.29 is 28.6 Å². The molecule has 3 aliphatic rings. The molecule has 0 aliphatic carbocycles. The number of nitrogens with zero attached hydrogens (tertiary/aromatic N) is 1. The highest BCUT2D eigenvalue weighted by atomic mass is 16.8. The van der Waals surface area contributed by atoms with E-state index in [1.165, 1.54) is 4.90 Å². The second-order valence-electron chi connectivity index (χ2n) is 6.97. The van der Waals surface area contributed by atoms with Gasteiger partial charge in [0.1, 0.15) is 18.5 Å². The predicted octanol–water partition coefficient (Wildman–Crippen LogP) is 1.36. The zero-order chi connectivity index (χ0) is 17.8. The number of rotatable bonds is 4. The van der Waals surface area contributed by atoms with E-state index >= 15 is 0 Å². The van der Waals surface area contributed by atoms with E-state index in [2.05, 4.69) is 0 Å². The molecule has 132 valence electrons. The van der Waals surface area contributed by atoms with Gasteiger partial charge in [0.2, 0.25) is 0 Å². The molecule has 4 rings (SSSR count). The second kappa shape index (κ2) is 5.72. The molecular formula is C18H19NO6. The highest BCUT2D eigenvalue weighted by Gasteiger charge is 2.54. The van der Waals surface area contributed by atoms with Crippen LogP contribution in [0, 0.1) is 5.92 Å². The molecule has 3 heterocycles. The molecule has 2 fully saturated rings. The van der Waals surface area contributed by atoms with Crippen molar-refractivity contribution in [3.63, 3.8) is 0 Å². The Kier molecular flexibility index (Phi) is 3.75. The number of aldehydes is 1. The van der Waals surface area contributed by atoms with E-state index < -0.39 is 18.2 Å². The van der Waals surface area contributed by atoms with Crippen LogP contribution in [0.2, 0.25) is 0 Å². The van der Waals surface area contributed by atoms with Crippen LogP contribution < -0.4 is 0 Å². The number of carbonyl (C=O) groups is 3. The van der Waals surface area contributed by atoms with Gasteiger partial charge in [-0.1, -0.05) is 12.1 Å². The van der Waals surface area contributed by atoms with Gasteiger partial charge >= 0.3 is 0 Å². The van der Waals surface area contributed by atoms with Gasteiger partial charge in [-0.3, -0.25) is 14.5 Å². The molecule has 2 amide bonds. The van der Waals surface area contributed by atoms with Gasteiger partial charge in [-0.05, 0) is 32.4 Å². The smallest absolute Gasteiger partial charge is 0.261 e. The molecule has 0 aromatic heterocycles. The van der Waals surface area contributed by atoms with Crippen LogP contribution in [0.25, 0.3) is 0 Å². The Morgan fingerprint density at radius 1 is 1.12 bits per heavy atom. The summed E-state index contributed by atoms with van der Waals surface area (Å²) >= 11 is 0. The van der Waals surface area contributed by atoms with Gasteiger partial charge < -0.3 is 19.0 Å². The summed E-state index contributed by atoms with van der Waals surface area (Å²) in [5, 5.41) is 0. The van der Waals surface area contributed by atoms with Crippen molar-refractivity contribution in [1.82, 2.24) is 4.90 Å². The van der Waals surface area contributed by atoms with Crippen LogP contribution in [0.3, 0.4) is 0 Å². The van der Waals surface area contributed by atoms with Gasteiger partial charge in [-0.15, -0.1) is 0 Å². The van der Waals surface area contributed by atoms with Crippen molar-refractivity contribution in [3.05, 3.63) is 35.4 Å². The van der Waals surface area contributed by atoms with Crippen LogP contribution >= 0.6 is 0 Å². The van der Waals surface area contributed by atoms with E-state index in [0.29, 0.717) is 17.5 Å². The molecule has 1 unspecified atom stereocenters. The van der Waals surface area contributed by atoms with Gasteiger partial charge in [0, 0.05) is 12.5 Å². The molecule has 0 spiro atoms. The van der Waals surface area contributed by atoms with Crippen molar-refractivity contribution in [2.24, 2.45) is 5.92 Å². The van der Waals surface area contributed by atoms with Crippen molar-refractivity contribution in [2.75, 3.05) is 6.54 Å². The first-order valence-electron chi connectivity index (χ1n) is 8.33. The van der Waals surface area contributed by atoms with Crippen molar-refractivity contribution in [2.45, 2.75) is 44.6 Å². The molecule has 25 heavy (non-hydrogen) atoms. The van der Waals surface area contributed by atoms with Gasteiger partial charge in [0.15, 0.2) is 12.1 Å². The van der Waals surface area contributed by atoms with Crippen molar-refractivity contribution in [3.8, 4) is 0 Å². The van der Waals surface area contributed by atoms with E-state index in [1.807, 2.05) is 0 Å². The normalized spacial score (nSPS) is 32.8. The van der Waals surface area contributed by atoms with Crippen LogP contribution in [-0.2, 0) is 19.0 Å². The second-order valence-corrected chi connectivity index (χ2v) is 6.97. The fourth-order valence-electron chi connectivity index (χ4n) is 3.78. The van der Waals surface area contributed by atoms with E-state index in [-0.39, 0.29) is 30.4 Å². The topological polar surface area (TPSA) is 82.1 Å². The zero-order valence-corrected chi connectivity index (χ0v) is 14.0. The van der Waals surface area contributed by atoms with Crippen LogP contribution in [-0.4, -0.2) is 53.8 Å². The minimum absolute atomic E-state index is 0.206. The van der Waals surface area contributed by atoms with Gasteiger partial charge in [-0.25, -0.2) is 0 Å². The molecule has 1 aromatic rings. The quantitative estimate of drug-likeness (QED) is 0.605. The summed E-state index contributed by atoms with van der Waals surface area (Å²) in [6.07, 6.45) is -0.514. The standard InChI is InChI=1S/C18H19NO6/c1-18(2)24-14-12(13(9-20)23-17(14)25-18)7-8-19-15(21)10-5-3-4-6-11(10)16(19)22/h3-6,9,12-14,17H,7-8H2,1-2H3/t12-,13+,14-,17?/m0/s1. The Morgan fingerprint density at radius 2 is 1.76 bits per heavy atom. The summed E-state index contributed by atoms with van der Waals surface area (Å²) in [5.41, 5.74) is 0.836.